The fourth-order valence-corrected chi connectivity index (χ4v) is 6.26. The Labute approximate surface area is 164 Å². The van der Waals surface area contributed by atoms with Crippen molar-refractivity contribution in [3.05, 3.63) is 64.8 Å². The van der Waals surface area contributed by atoms with Gasteiger partial charge in [-0.3, -0.25) is 0 Å². The molecule has 0 spiro atoms. The first kappa shape index (κ1) is 18.5. The van der Waals surface area contributed by atoms with Gasteiger partial charge in [0.25, 0.3) is 0 Å². The molecule has 2 aromatic carbocycles. The van der Waals surface area contributed by atoms with E-state index < -0.39 is 15.3 Å². The largest absolute Gasteiger partial charge is 0.365 e. The minimum Gasteiger partial charge on any atom is -0.365 e. The summed E-state index contributed by atoms with van der Waals surface area (Å²) >= 11 is 6.16. The first-order chi connectivity index (χ1) is 12.9. The maximum atomic E-state index is 13.1. The van der Waals surface area contributed by atoms with E-state index in [-0.39, 0.29) is 11.8 Å². The number of benzene rings is 2. The van der Waals surface area contributed by atoms with Crippen LogP contribution in [0.25, 0.3) is 10.9 Å². The summed E-state index contributed by atoms with van der Waals surface area (Å²) in [6.45, 7) is 1.97. The van der Waals surface area contributed by atoms with Crippen LogP contribution >= 0.6 is 11.6 Å². The van der Waals surface area contributed by atoms with Crippen LogP contribution in [-0.2, 0) is 27.4 Å². The molecule has 3 atom stereocenters. The average Bonchev–Trinajstić information content (AvgIpc) is 3.21. The second kappa shape index (κ2) is 6.97. The third kappa shape index (κ3) is 3.18. The number of sulfone groups is 1. The number of fused-ring (bicyclic) bond motifs is 3. The van der Waals surface area contributed by atoms with Crippen molar-refractivity contribution in [2.75, 3.05) is 7.11 Å². The van der Waals surface area contributed by atoms with E-state index in [9.17, 15) is 8.42 Å². The molecule has 1 aliphatic rings. The van der Waals surface area contributed by atoms with Crippen molar-refractivity contribution < 1.29 is 13.2 Å². The Kier molecular flexibility index (Phi) is 4.78. The molecule has 6 heteroatoms. The molecule has 27 heavy (non-hydrogen) atoms. The molecular formula is C21H22ClNO3S. The molecule has 0 saturated heterocycles. The van der Waals surface area contributed by atoms with Crippen LogP contribution < -0.4 is 0 Å². The molecule has 3 aromatic rings. The highest BCUT2D eigenvalue weighted by Crippen LogP contribution is 2.39. The lowest BCUT2D eigenvalue weighted by atomic mass is 9.91. The van der Waals surface area contributed by atoms with E-state index >= 15 is 0 Å². The number of rotatable bonds is 5. The zero-order valence-corrected chi connectivity index (χ0v) is 16.8. The van der Waals surface area contributed by atoms with E-state index in [4.69, 9.17) is 16.3 Å². The van der Waals surface area contributed by atoms with Crippen molar-refractivity contribution >= 4 is 32.3 Å². The number of H-pyrrole nitrogens is 1. The second-order valence-electron chi connectivity index (χ2n) is 7.26. The van der Waals surface area contributed by atoms with Crippen LogP contribution in [0.5, 0.6) is 0 Å². The minimum atomic E-state index is -3.56. The van der Waals surface area contributed by atoms with Gasteiger partial charge in [-0.05, 0) is 54.7 Å². The van der Waals surface area contributed by atoms with Crippen molar-refractivity contribution in [2.45, 2.75) is 30.1 Å². The maximum absolute atomic E-state index is 13.1. The predicted molar refractivity (Wildman–Crippen MR) is 108 cm³/mol. The molecule has 0 radical (unpaired) electrons. The van der Waals surface area contributed by atoms with Crippen LogP contribution in [-0.4, -0.2) is 25.9 Å². The summed E-state index contributed by atoms with van der Waals surface area (Å²) in [5.41, 5.74) is 2.63. The van der Waals surface area contributed by atoms with E-state index in [1.165, 1.54) is 18.4 Å². The summed E-state index contributed by atoms with van der Waals surface area (Å²) in [7, 11) is -2.08. The van der Waals surface area contributed by atoms with Crippen LogP contribution in [0.1, 0.15) is 18.2 Å². The zero-order valence-electron chi connectivity index (χ0n) is 15.3. The molecule has 142 valence electrons. The fourth-order valence-electron chi connectivity index (χ4n) is 4.24. The van der Waals surface area contributed by atoms with Crippen molar-refractivity contribution in [2.24, 2.45) is 11.8 Å². The van der Waals surface area contributed by atoms with Gasteiger partial charge in [0.05, 0.1) is 4.90 Å². The molecule has 0 aliphatic heterocycles. The highest BCUT2D eigenvalue weighted by atomic mass is 35.5. The summed E-state index contributed by atoms with van der Waals surface area (Å²) in [6.07, 6.45) is 1.63. The Balaban J connectivity index is 1.62. The molecule has 1 N–H and O–H groups in total. The topological polar surface area (TPSA) is 59.2 Å². The minimum absolute atomic E-state index is 0.143. The molecule has 0 bridgehead atoms. The van der Waals surface area contributed by atoms with Gasteiger partial charge in [-0.25, -0.2) is 8.42 Å². The smallest absolute Gasteiger partial charge is 0.205 e. The second-order valence-corrected chi connectivity index (χ2v) is 9.72. The highest BCUT2D eigenvalue weighted by Gasteiger charge is 2.39. The SMILES string of the molecule is COC(C(C)C1Cc2[nH]c3ccc(Cl)cc3c2C1)S(=O)(=O)c1ccccc1. The van der Waals surface area contributed by atoms with Crippen LogP contribution in [0.3, 0.4) is 0 Å². The number of hydrogen-bond donors (Lipinski definition) is 1. The maximum Gasteiger partial charge on any atom is 0.205 e. The predicted octanol–water partition coefficient (Wildman–Crippen LogP) is 4.62. The molecule has 1 aliphatic carbocycles. The number of aromatic amines is 1. The zero-order chi connectivity index (χ0) is 19.2. The van der Waals surface area contributed by atoms with Gasteiger partial charge in [-0.2, -0.15) is 0 Å². The Hall–Kier alpha value is -1.82. The van der Waals surface area contributed by atoms with Gasteiger partial charge in [0.15, 0.2) is 5.44 Å². The summed E-state index contributed by atoms with van der Waals surface area (Å²) < 4.78 is 31.7. The summed E-state index contributed by atoms with van der Waals surface area (Å²) in [5, 5.41) is 1.84. The Bertz CT molecular complexity index is 1080. The lowest BCUT2D eigenvalue weighted by Crippen LogP contribution is -2.35. The van der Waals surface area contributed by atoms with E-state index in [2.05, 4.69) is 4.98 Å². The normalized spacial score (nSPS) is 19.1. The molecule has 0 fully saturated rings. The molecular weight excluding hydrogens is 382 g/mol. The number of ether oxygens (including phenoxy) is 1. The highest BCUT2D eigenvalue weighted by molar-refractivity contribution is 7.92. The van der Waals surface area contributed by atoms with Crippen molar-refractivity contribution in [1.82, 2.24) is 4.98 Å². The Morgan fingerprint density at radius 2 is 1.89 bits per heavy atom. The first-order valence-corrected chi connectivity index (χ1v) is 10.9. The van der Waals surface area contributed by atoms with Crippen LogP contribution in [0, 0.1) is 11.8 Å². The van der Waals surface area contributed by atoms with Gasteiger partial charge < -0.3 is 9.72 Å². The summed E-state index contributed by atoms with van der Waals surface area (Å²) in [4.78, 5) is 3.77. The van der Waals surface area contributed by atoms with Crippen LogP contribution in [0.2, 0.25) is 5.02 Å². The number of nitrogens with one attached hydrogen (secondary N) is 1. The number of methoxy groups -OCH3 is 1. The lowest BCUT2D eigenvalue weighted by Gasteiger charge is -2.27. The van der Waals surface area contributed by atoms with E-state index in [1.807, 2.05) is 31.2 Å². The van der Waals surface area contributed by atoms with E-state index in [0.717, 1.165) is 23.7 Å². The van der Waals surface area contributed by atoms with Crippen molar-refractivity contribution in [3.63, 3.8) is 0 Å². The number of halogens is 1. The van der Waals surface area contributed by atoms with Crippen LogP contribution in [0.15, 0.2) is 53.4 Å². The van der Waals surface area contributed by atoms with Gasteiger partial charge in [-0.15, -0.1) is 0 Å². The standard InChI is InChI=1S/C21H22ClNO3S/c1-13(21(26-2)27(24,25)16-6-4-3-5-7-16)14-10-17-18-12-15(22)8-9-19(18)23-20(17)11-14/h3-9,12-14,21,23H,10-11H2,1-2H3. The van der Waals surface area contributed by atoms with Gasteiger partial charge in [0, 0.05) is 34.6 Å². The molecule has 1 aromatic heterocycles. The fraction of sp³-hybridized carbons (Fsp3) is 0.333. The van der Waals surface area contributed by atoms with Gasteiger partial charge >= 0.3 is 0 Å². The lowest BCUT2D eigenvalue weighted by molar-refractivity contribution is 0.0945. The molecule has 1 heterocycles. The van der Waals surface area contributed by atoms with Crippen molar-refractivity contribution in [1.29, 1.82) is 0 Å². The van der Waals surface area contributed by atoms with Gasteiger partial charge in [-0.1, -0.05) is 36.7 Å². The van der Waals surface area contributed by atoms with Gasteiger partial charge in [0.2, 0.25) is 9.84 Å². The molecule has 3 unspecified atom stereocenters. The molecule has 0 saturated carbocycles. The van der Waals surface area contributed by atoms with Crippen LogP contribution in [0.4, 0.5) is 0 Å². The Morgan fingerprint density at radius 3 is 2.59 bits per heavy atom. The average molecular weight is 404 g/mol. The Morgan fingerprint density at radius 1 is 1.15 bits per heavy atom. The molecule has 4 rings (SSSR count). The van der Waals surface area contributed by atoms with Gasteiger partial charge in [0.1, 0.15) is 0 Å². The quantitative estimate of drug-likeness (QED) is 0.676. The molecule has 0 amide bonds. The summed E-state index contributed by atoms with van der Waals surface area (Å²) in [5.74, 6) is 0.0494. The van der Waals surface area contributed by atoms with E-state index in [1.54, 1.807) is 24.3 Å². The van der Waals surface area contributed by atoms with Crippen molar-refractivity contribution in [3.8, 4) is 0 Å². The monoisotopic (exact) mass is 403 g/mol. The third-order valence-electron chi connectivity index (χ3n) is 5.67. The third-order valence-corrected chi connectivity index (χ3v) is 8.07. The summed E-state index contributed by atoms with van der Waals surface area (Å²) in [6, 6.07) is 14.4. The first-order valence-electron chi connectivity index (χ1n) is 9.02. The van der Waals surface area contributed by atoms with E-state index in [0.29, 0.717) is 9.92 Å². The molecule has 4 nitrogen and oxygen atoms in total. The number of aromatic nitrogens is 1. The number of hydrogen-bond acceptors (Lipinski definition) is 3.